The fourth-order valence-electron chi connectivity index (χ4n) is 2.82. The van der Waals surface area contributed by atoms with E-state index in [0.29, 0.717) is 37.7 Å². The van der Waals surface area contributed by atoms with Crippen LogP contribution in [0.25, 0.3) is 0 Å². The van der Waals surface area contributed by atoms with Crippen molar-refractivity contribution < 1.29 is 9.18 Å². The lowest BCUT2D eigenvalue weighted by Gasteiger charge is -2.36. The second-order valence-electron chi connectivity index (χ2n) is 6.29. The Bertz CT molecular complexity index is 756. The minimum Gasteiger partial charge on any atom is -0.353 e. The first-order valence-corrected chi connectivity index (χ1v) is 8.20. The van der Waals surface area contributed by atoms with Crippen molar-refractivity contribution in [2.24, 2.45) is 15.9 Å². The predicted molar refractivity (Wildman–Crippen MR) is 92.3 cm³/mol. The standard InChI is InChI=1S/C17H19FN6O/c1-11(2)15-14(18)16(25)22-17(21-15)24-7-5-23(6-8-24)13-4-3-12(9-19)10-20-13/h3-4,10-11,14H,5-8H2,1-2H3. The van der Waals surface area contributed by atoms with E-state index in [1.54, 1.807) is 12.3 Å². The molecule has 1 atom stereocenters. The Morgan fingerprint density at radius 3 is 2.44 bits per heavy atom. The van der Waals surface area contributed by atoms with Crippen LogP contribution < -0.4 is 4.90 Å². The van der Waals surface area contributed by atoms with Crippen LogP contribution in [0.1, 0.15) is 19.4 Å². The van der Waals surface area contributed by atoms with Crippen LogP contribution in [0.4, 0.5) is 10.2 Å². The van der Waals surface area contributed by atoms with Gasteiger partial charge in [0.2, 0.25) is 12.1 Å². The molecule has 1 aromatic heterocycles. The number of alkyl halides is 1. The molecular weight excluding hydrogens is 323 g/mol. The summed E-state index contributed by atoms with van der Waals surface area (Å²) in [6.45, 7) is 6.21. The lowest BCUT2D eigenvalue weighted by Crippen LogP contribution is -2.50. The van der Waals surface area contributed by atoms with Crippen molar-refractivity contribution in [3.63, 3.8) is 0 Å². The van der Waals surface area contributed by atoms with Crippen molar-refractivity contribution in [1.29, 1.82) is 5.26 Å². The first-order valence-electron chi connectivity index (χ1n) is 8.20. The Balaban J connectivity index is 1.68. The van der Waals surface area contributed by atoms with E-state index in [2.05, 4.69) is 19.9 Å². The Morgan fingerprint density at radius 2 is 1.88 bits per heavy atom. The molecule has 7 nitrogen and oxygen atoms in total. The number of hydrogen-bond donors (Lipinski definition) is 0. The van der Waals surface area contributed by atoms with E-state index in [4.69, 9.17) is 5.26 Å². The number of piperazine rings is 1. The van der Waals surface area contributed by atoms with Gasteiger partial charge in [0.1, 0.15) is 11.9 Å². The topological polar surface area (TPSA) is 84.9 Å². The maximum atomic E-state index is 13.9. The van der Waals surface area contributed by atoms with E-state index >= 15 is 0 Å². The maximum absolute atomic E-state index is 13.9. The van der Waals surface area contributed by atoms with Gasteiger partial charge >= 0.3 is 0 Å². The van der Waals surface area contributed by atoms with Crippen LogP contribution >= 0.6 is 0 Å². The number of halogens is 1. The van der Waals surface area contributed by atoms with Crippen molar-refractivity contribution in [3.8, 4) is 6.07 Å². The van der Waals surface area contributed by atoms with Gasteiger partial charge in [-0.1, -0.05) is 13.8 Å². The number of carbonyl (C=O) groups excluding carboxylic acids is 1. The minimum absolute atomic E-state index is 0.145. The molecule has 3 rings (SSSR count). The second kappa shape index (κ2) is 6.97. The number of hydrogen-bond acceptors (Lipinski definition) is 6. The summed E-state index contributed by atoms with van der Waals surface area (Å²) in [4.78, 5) is 28.2. The zero-order valence-corrected chi connectivity index (χ0v) is 14.2. The average molecular weight is 342 g/mol. The number of aromatic nitrogens is 1. The number of carbonyl (C=O) groups is 1. The molecule has 130 valence electrons. The normalized spacial score (nSPS) is 21.1. The predicted octanol–water partition coefficient (Wildman–Crippen LogP) is 1.41. The molecule has 1 aromatic rings. The zero-order chi connectivity index (χ0) is 18.0. The summed E-state index contributed by atoms with van der Waals surface area (Å²) in [6, 6.07) is 5.60. The molecule has 1 fully saturated rings. The van der Waals surface area contributed by atoms with E-state index < -0.39 is 12.1 Å². The summed E-state index contributed by atoms with van der Waals surface area (Å²) in [5.74, 6) is 0.184. The van der Waals surface area contributed by atoms with Crippen LogP contribution in [-0.4, -0.2) is 59.8 Å². The Labute approximate surface area is 145 Å². The molecular formula is C17H19FN6O. The van der Waals surface area contributed by atoms with Gasteiger partial charge in [-0.3, -0.25) is 4.79 Å². The van der Waals surface area contributed by atoms with E-state index in [1.807, 2.05) is 30.9 Å². The summed E-state index contributed by atoms with van der Waals surface area (Å²) in [5.41, 5.74) is 0.764. The van der Waals surface area contributed by atoms with Gasteiger partial charge in [-0.15, -0.1) is 0 Å². The van der Waals surface area contributed by atoms with Gasteiger partial charge in [-0.25, -0.2) is 14.4 Å². The second-order valence-corrected chi connectivity index (χ2v) is 6.29. The maximum Gasteiger partial charge on any atom is 0.289 e. The van der Waals surface area contributed by atoms with Gasteiger partial charge in [0, 0.05) is 32.4 Å². The molecule has 0 bridgehead atoms. The quantitative estimate of drug-likeness (QED) is 0.811. The van der Waals surface area contributed by atoms with Crippen molar-refractivity contribution >= 4 is 23.4 Å². The third-order valence-electron chi connectivity index (χ3n) is 4.27. The van der Waals surface area contributed by atoms with E-state index in [9.17, 15) is 9.18 Å². The molecule has 1 amide bonds. The number of guanidine groups is 1. The summed E-state index contributed by atoms with van der Waals surface area (Å²) in [5, 5.41) is 8.83. The molecule has 3 heterocycles. The molecule has 1 unspecified atom stereocenters. The lowest BCUT2D eigenvalue weighted by molar-refractivity contribution is -0.120. The summed E-state index contributed by atoms with van der Waals surface area (Å²) < 4.78 is 13.9. The van der Waals surface area contributed by atoms with Gasteiger partial charge in [-0.2, -0.15) is 10.3 Å². The highest BCUT2D eigenvalue weighted by Crippen LogP contribution is 2.18. The monoisotopic (exact) mass is 342 g/mol. The van der Waals surface area contributed by atoms with Crippen LogP contribution in [-0.2, 0) is 4.79 Å². The van der Waals surface area contributed by atoms with Crippen LogP contribution in [0.3, 0.4) is 0 Å². The average Bonchev–Trinajstić information content (AvgIpc) is 2.64. The SMILES string of the molecule is CC(C)C1=NC(N2CCN(c3ccc(C#N)cn3)CC2)=NC(=O)C1F. The summed E-state index contributed by atoms with van der Waals surface area (Å²) in [7, 11) is 0. The summed E-state index contributed by atoms with van der Waals surface area (Å²) in [6.07, 6.45) is -0.181. The van der Waals surface area contributed by atoms with Crippen molar-refractivity contribution in [2.45, 2.75) is 20.0 Å². The Kier molecular flexibility index (Phi) is 4.74. The number of nitriles is 1. The van der Waals surface area contributed by atoms with Crippen LogP contribution in [0.2, 0.25) is 0 Å². The molecule has 2 aliphatic heterocycles. The highest BCUT2D eigenvalue weighted by atomic mass is 19.1. The highest BCUT2D eigenvalue weighted by molar-refractivity contribution is 6.18. The molecule has 0 N–H and O–H groups in total. The zero-order valence-electron chi connectivity index (χ0n) is 14.2. The van der Waals surface area contributed by atoms with Gasteiger partial charge in [0.15, 0.2) is 0 Å². The van der Waals surface area contributed by atoms with Gasteiger partial charge in [0.25, 0.3) is 5.91 Å². The molecule has 0 aromatic carbocycles. The first kappa shape index (κ1) is 17.0. The molecule has 1 saturated heterocycles. The third-order valence-corrected chi connectivity index (χ3v) is 4.27. The number of aliphatic imine (C=N–C) groups is 2. The van der Waals surface area contributed by atoms with E-state index in [-0.39, 0.29) is 11.6 Å². The largest absolute Gasteiger partial charge is 0.353 e. The van der Waals surface area contributed by atoms with Crippen LogP contribution in [0.15, 0.2) is 28.3 Å². The van der Waals surface area contributed by atoms with Gasteiger partial charge in [-0.05, 0) is 18.1 Å². The van der Waals surface area contributed by atoms with E-state index in [0.717, 1.165) is 5.82 Å². The first-order chi connectivity index (χ1) is 12.0. The van der Waals surface area contributed by atoms with Crippen molar-refractivity contribution in [2.75, 3.05) is 31.1 Å². The van der Waals surface area contributed by atoms with Crippen molar-refractivity contribution in [3.05, 3.63) is 23.9 Å². The fraction of sp³-hybridized carbons (Fsp3) is 0.471. The number of nitrogens with zero attached hydrogens (tertiary/aromatic N) is 6. The Hall–Kier alpha value is -2.82. The smallest absolute Gasteiger partial charge is 0.289 e. The molecule has 0 saturated carbocycles. The third kappa shape index (κ3) is 3.50. The highest BCUT2D eigenvalue weighted by Gasteiger charge is 2.32. The van der Waals surface area contributed by atoms with Crippen LogP contribution in [0.5, 0.6) is 0 Å². The molecule has 0 spiro atoms. The fourth-order valence-corrected chi connectivity index (χ4v) is 2.82. The molecule has 0 aliphatic carbocycles. The minimum atomic E-state index is -1.73. The number of amides is 1. The Morgan fingerprint density at radius 1 is 1.20 bits per heavy atom. The molecule has 8 heteroatoms. The molecule has 2 aliphatic rings. The van der Waals surface area contributed by atoms with Gasteiger partial charge in [0.05, 0.1) is 11.3 Å². The molecule has 25 heavy (non-hydrogen) atoms. The molecule has 0 radical (unpaired) electrons. The van der Waals surface area contributed by atoms with E-state index in [1.165, 1.54) is 0 Å². The van der Waals surface area contributed by atoms with Crippen molar-refractivity contribution in [1.82, 2.24) is 9.88 Å². The van der Waals surface area contributed by atoms with Gasteiger partial charge < -0.3 is 9.80 Å². The van der Waals surface area contributed by atoms with Crippen LogP contribution in [0, 0.1) is 17.2 Å². The summed E-state index contributed by atoms with van der Waals surface area (Å²) >= 11 is 0. The number of rotatable bonds is 2. The lowest BCUT2D eigenvalue weighted by atomic mass is 10.0. The number of anilines is 1. The number of pyridine rings is 1.